The molecule has 1 aromatic carbocycles. The molecular weight excluding hydrogens is 479 g/mol. The molecule has 2 aromatic heterocycles. The number of nitrogens with zero attached hydrogens (tertiary/aromatic N) is 6. The summed E-state index contributed by atoms with van der Waals surface area (Å²) in [6.45, 7) is 6.94. The number of halogens is 2. The van der Waals surface area contributed by atoms with E-state index in [2.05, 4.69) is 62.2 Å². The van der Waals surface area contributed by atoms with Crippen LogP contribution in [0.5, 0.6) is 0 Å². The standard InChI is InChI=1S/C18H19IN6O.ClH/c1-12-16-9-25-18(21-17(22-25)10-23-4-6-26-7-5-23)14-8-13(19)2-3-15(14)24(16)11-20-12;/h2-3,8,11H,4-7,9-10H2,1H3;1H. The van der Waals surface area contributed by atoms with Crippen molar-refractivity contribution >= 4 is 35.0 Å². The van der Waals surface area contributed by atoms with Crippen LogP contribution in [0.15, 0.2) is 24.5 Å². The van der Waals surface area contributed by atoms with Crippen molar-refractivity contribution in [1.82, 2.24) is 29.2 Å². The van der Waals surface area contributed by atoms with Crippen molar-refractivity contribution in [1.29, 1.82) is 0 Å². The van der Waals surface area contributed by atoms with Gasteiger partial charge in [-0.15, -0.1) is 12.4 Å². The molecule has 0 unspecified atom stereocenters. The van der Waals surface area contributed by atoms with Gasteiger partial charge < -0.3 is 9.30 Å². The van der Waals surface area contributed by atoms with Gasteiger partial charge >= 0.3 is 0 Å². The summed E-state index contributed by atoms with van der Waals surface area (Å²) in [6, 6.07) is 6.45. The van der Waals surface area contributed by atoms with Gasteiger partial charge in [0.05, 0.1) is 49.7 Å². The van der Waals surface area contributed by atoms with Crippen molar-refractivity contribution in [2.45, 2.75) is 20.0 Å². The Kier molecular flexibility index (Phi) is 5.23. The highest BCUT2D eigenvalue weighted by Gasteiger charge is 2.25. The van der Waals surface area contributed by atoms with Crippen LogP contribution in [-0.4, -0.2) is 55.5 Å². The minimum atomic E-state index is 0. The van der Waals surface area contributed by atoms with Gasteiger partial charge in [0.2, 0.25) is 0 Å². The summed E-state index contributed by atoms with van der Waals surface area (Å²) in [5, 5.41) is 4.83. The summed E-state index contributed by atoms with van der Waals surface area (Å²) in [7, 11) is 0. The van der Waals surface area contributed by atoms with Crippen LogP contribution in [0, 0.1) is 10.5 Å². The Hall–Kier alpha value is -1.49. The lowest BCUT2D eigenvalue weighted by molar-refractivity contribution is 0.0330. The van der Waals surface area contributed by atoms with Crippen LogP contribution in [0.2, 0.25) is 0 Å². The van der Waals surface area contributed by atoms with E-state index in [0.29, 0.717) is 6.54 Å². The van der Waals surface area contributed by atoms with Crippen molar-refractivity contribution in [3.8, 4) is 17.1 Å². The van der Waals surface area contributed by atoms with Crippen LogP contribution in [0.25, 0.3) is 17.1 Å². The molecule has 1 fully saturated rings. The Balaban J connectivity index is 0.00000180. The Morgan fingerprint density at radius 2 is 2.04 bits per heavy atom. The average Bonchev–Trinajstić information content (AvgIpc) is 3.17. The third kappa shape index (κ3) is 3.39. The highest BCUT2D eigenvalue weighted by molar-refractivity contribution is 14.1. The predicted molar refractivity (Wildman–Crippen MR) is 112 cm³/mol. The maximum Gasteiger partial charge on any atom is 0.165 e. The van der Waals surface area contributed by atoms with Gasteiger partial charge in [-0.2, -0.15) is 5.10 Å². The molecule has 27 heavy (non-hydrogen) atoms. The van der Waals surface area contributed by atoms with Crippen molar-refractivity contribution < 1.29 is 4.74 Å². The lowest BCUT2D eigenvalue weighted by atomic mass is 10.1. The molecule has 0 spiro atoms. The van der Waals surface area contributed by atoms with E-state index in [1.165, 1.54) is 3.57 Å². The van der Waals surface area contributed by atoms with E-state index in [1.807, 2.05) is 11.0 Å². The molecular formula is C18H20ClIN6O. The molecule has 9 heteroatoms. The van der Waals surface area contributed by atoms with Crippen LogP contribution < -0.4 is 0 Å². The summed E-state index contributed by atoms with van der Waals surface area (Å²) >= 11 is 2.35. The molecule has 2 aliphatic rings. The van der Waals surface area contributed by atoms with Gasteiger partial charge in [0, 0.05) is 22.2 Å². The van der Waals surface area contributed by atoms with Crippen LogP contribution in [-0.2, 0) is 17.8 Å². The fraction of sp³-hybridized carbons (Fsp3) is 0.389. The summed E-state index contributed by atoms with van der Waals surface area (Å²) in [5.41, 5.74) is 4.42. The summed E-state index contributed by atoms with van der Waals surface area (Å²) in [5.74, 6) is 1.81. The third-order valence-corrected chi connectivity index (χ3v) is 5.69. The predicted octanol–water partition coefficient (Wildman–Crippen LogP) is 2.66. The van der Waals surface area contributed by atoms with E-state index < -0.39 is 0 Å². The quantitative estimate of drug-likeness (QED) is 0.398. The van der Waals surface area contributed by atoms with Gasteiger partial charge in [-0.3, -0.25) is 4.90 Å². The SMILES string of the molecule is Cc1ncn2c1Cn1nc(CN3CCOCC3)nc1-c1cc(I)ccc1-2.Cl. The minimum absolute atomic E-state index is 0. The number of aromatic nitrogens is 5. The Morgan fingerprint density at radius 1 is 1.22 bits per heavy atom. The largest absolute Gasteiger partial charge is 0.379 e. The summed E-state index contributed by atoms with van der Waals surface area (Å²) in [4.78, 5) is 11.8. The van der Waals surface area contributed by atoms with Crippen LogP contribution in [0.4, 0.5) is 0 Å². The first-order valence-corrected chi connectivity index (χ1v) is 9.84. The fourth-order valence-corrected chi connectivity index (χ4v) is 4.12. The molecule has 5 rings (SSSR count). The highest BCUT2D eigenvalue weighted by Crippen LogP contribution is 2.32. The van der Waals surface area contributed by atoms with Gasteiger partial charge in [0.1, 0.15) is 0 Å². The number of imidazole rings is 1. The van der Waals surface area contributed by atoms with E-state index in [-0.39, 0.29) is 12.4 Å². The molecule has 0 amide bonds. The number of fused-ring (bicyclic) bond motifs is 5. The maximum atomic E-state index is 5.44. The number of hydrogen-bond donors (Lipinski definition) is 0. The van der Waals surface area contributed by atoms with Gasteiger partial charge in [0.15, 0.2) is 11.6 Å². The maximum absolute atomic E-state index is 5.44. The fourth-order valence-electron chi connectivity index (χ4n) is 3.63. The van der Waals surface area contributed by atoms with E-state index in [9.17, 15) is 0 Å². The molecule has 0 bridgehead atoms. The second kappa shape index (κ2) is 7.50. The van der Waals surface area contributed by atoms with Crippen LogP contribution >= 0.6 is 35.0 Å². The van der Waals surface area contributed by atoms with Crippen molar-refractivity contribution in [3.63, 3.8) is 0 Å². The van der Waals surface area contributed by atoms with Gasteiger partial charge in [-0.1, -0.05) is 0 Å². The van der Waals surface area contributed by atoms with Gasteiger partial charge in [0.25, 0.3) is 0 Å². The molecule has 3 aromatic rings. The Bertz CT molecular complexity index is 978. The average molecular weight is 499 g/mol. The number of hydrogen-bond acceptors (Lipinski definition) is 5. The zero-order chi connectivity index (χ0) is 17.7. The number of ether oxygens (including phenoxy) is 1. The molecule has 7 nitrogen and oxygen atoms in total. The summed E-state index contributed by atoms with van der Waals surface area (Å²) in [6.07, 6.45) is 1.90. The van der Waals surface area contributed by atoms with Gasteiger partial charge in [-0.05, 0) is 47.7 Å². The lowest BCUT2D eigenvalue weighted by Crippen LogP contribution is -2.36. The highest BCUT2D eigenvalue weighted by atomic mass is 127. The van der Waals surface area contributed by atoms with E-state index in [1.54, 1.807) is 0 Å². The van der Waals surface area contributed by atoms with Crippen LogP contribution in [0.3, 0.4) is 0 Å². The minimum Gasteiger partial charge on any atom is -0.379 e. The first-order valence-electron chi connectivity index (χ1n) is 8.76. The molecule has 0 radical (unpaired) electrons. The number of rotatable bonds is 2. The Morgan fingerprint density at radius 3 is 2.85 bits per heavy atom. The summed E-state index contributed by atoms with van der Waals surface area (Å²) < 4.78 is 10.8. The monoisotopic (exact) mass is 498 g/mol. The second-order valence-electron chi connectivity index (χ2n) is 6.71. The van der Waals surface area contributed by atoms with E-state index in [4.69, 9.17) is 14.8 Å². The zero-order valence-corrected chi connectivity index (χ0v) is 17.9. The smallest absolute Gasteiger partial charge is 0.165 e. The molecule has 0 saturated carbocycles. The van der Waals surface area contributed by atoms with Crippen molar-refractivity contribution in [3.05, 3.63) is 45.3 Å². The molecule has 1 saturated heterocycles. The second-order valence-corrected chi connectivity index (χ2v) is 7.95. The number of morpholine rings is 1. The van der Waals surface area contributed by atoms with Gasteiger partial charge in [-0.25, -0.2) is 14.6 Å². The molecule has 0 atom stereocenters. The first-order chi connectivity index (χ1) is 12.7. The normalized spacial score (nSPS) is 16.1. The Labute approximate surface area is 177 Å². The molecule has 0 aliphatic carbocycles. The molecule has 4 heterocycles. The zero-order valence-electron chi connectivity index (χ0n) is 14.9. The molecule has 142 valence electrons. The third-order valence-electron chi connectivity index (χ3n) is 5.02. The molecule has 2 aliphatic heterocycles. The van der Waals surface area contributed by atoms with E-state index in [0.717, 1.165) is 67.1 Å². The van der Waals surface area contributed by atoms with Crippen molar-refractivity contribution in [2.75, 3.05) is 26.3 Å². The first kappa shape index (κ1) is 18.9. The van der Waals surface area contributed by atoms with Crippen LogP contribution in [0.1, 0.15) is 17.2 Å². The lowest BCUT2D eigenvalue weighted by Gasteiger charge is -2.25. The van der Waals surface area contributed by atoms with Crippen molar-refractivity contribution in [2.24, 2.45) is 0 Å². The number of aryl methyl sites for hydroxylation is 1. The topological polar surface area (TPSA) is 61.0 Å². The van der Waals surface area contributed by atoms with E-state index >= 15 is 0 Å². The molecule has 0 N–H and O–H groups in total. The number of benzene rings is 1.